The molecule has 0 bridgehead atoms. The number of hydrogen-bond donors (Lipinski definition) is 1. The Hall–Kier alpha value is -2.59. The lowest BCUT2D eigenvalue weighted by molar-refractivity contribution is 0.0526. The third-order valence-electron chi connectivity index (χ3n) is 3.77. The van der Waals surface area contributed by atoms with Crippen LogP contribution in [0.25, 0.3) is 10.9 Å². The first-order valence-corrected chi connectivity index (χ1v) is 8.06. The molecule has 0 amide bonds. The van der Waals surface area contributed by atoms with E-state index in [1.165, 1.54) is 0 Å². The number of anilines is 2. The third-order valence-corrected chi connectivity index (χ3v) is 4.18. The van der Waals surface area contributed by atoms with E-state index >= 15 is 0 Å². The first kappa shape index (κ1) is 16.3. The summed E-state index contributed by atoms with van der Waals surface area (Å²) in [7, 11) is 0. The van der Waals surface area contributed by atoms with E-state index in [1.54, 1.807) is 25.3 Å². The number of esters is 1. The summed E-state index contributed by atoms with van der Waals surface area (Å²) in [5.41, 5.74) is 4.17. The summed E-state index contributed by atoms with van der Waals surface area (Å²) in [4.78, 5) is 16.1. The maximum Gasteiger partial charge on any atom is 0.338 e. The molecule has 0 radical (unpaired) electrons. The van der Waals surface area contributed by atoms with Crippen molar-refractivity contribution in [2.45, 2.75) is 13.8 Å². The van der Waals surface area contributed by atoms with Gasteiger partial charge in [-0.05, 0) is 61.9 Å². The molecule has 0 aliphatic heterocycles. The molecule has 24 heavy (non-hydrogen) atoms. The number of fused-ring (bicyclic) bond motifs is 1. The standard InChI is InChI=1S/C19H17ClN2O2/c1-3-24-19(23)13-4-6-14(7-5-13)22-17-10-11-21-18-12(2)16(20)9-8-15(17)18/h4-11H,3H2,1-2H3,(H,21,22). The van der Waals surface area contributed by atoms with Gasteiger partial charge in [0.1, 0.15) is 0 Å². The van der Waals surface area contributed by atoms with Gasteiger partial charge in [-0.15, -0.1) is 0 Å². The predicted molar refractivity (Wildman–Crippen MR) is 97.2 cm³/mol. The molecule has 0 aliphatic rings. The van der Waals surface area contributed by atoms with Crippen LogP contribution in [0.1, 0.15) is 22.8 Å². The van der Waals surface area contributed by atoms with Crippen molar-refractivity contribution in [3.63, 3.8) is 0 Å². The third kappa shape index (κ3) is 3.19. The van der Waals surface area contributed by atoms with Crippen LogP contribution in [0.4, 0.5) is 11.4 Å². The molecule has 1 heterocycles. The average molecular weight is 341 g/mol. The van der Waals surface area contributed by atoms with Gasteiger partial charge in [0.15, 0.2) is 0 Å². The van der Waals surface area contributed by atoms with Crippen LogP contribution in [0.3, 0.4) is 0 Å². The Balaban J connectivity index is 1.90. The van der Waals surface area contributed by atoms with Crippen molar-refractivity contribution in [3.8, 4) is 0 Å². The van der Waals surface area contributed by atoms with Gasteiger partial charge < -0.3 is 10.1 Å². The van der Waals surface area contributed by atoms with Crippen molar-refractivity contribution in [2.24, 2.45) is 0 Å². The molecule has 0 saturated heterocycles. The second-order valence-corrected chi connectivity index (χ2v) is 5.76. The molecule has 0 aliphatic carbocycles. The van der Waals surface area contributed by atoms with Crippen molar-refractivity contribution >= 4 is 39.8 Å². The maximum absolute atomic E-state index is 11.7. The van der Waals surface area contributed by atoms with E-state index in [0.29, 0.717) is 17.2 Å². The number of pyridine rings is 1. The number of aromatic nitrogens is 1. The molecule has 3 aromatic rings. The van der Waals surface area contributed by atoms with Gasteiger partial charge in [-0.3, -0.25) is 4.98 Å². The Morgan fingerprint density at radius 1 is 1.17 bits per heavy atom. The first-order chi connectivity index (χ1) is 11.6. The SMILES string of the molecule is CCOC(=O)c1ccc(Nc2ccnc3c(C)c(Cl)ccc23)cc1. The van der Waals surface area contributed by atoms with Gasteiger partial charge in [-0.25, -0.2) is 4.79 Å². The quantitative estimate of drug-likeness (QED) is 0.670. The molecule has 122 valence electrons. The zero-order valence-electron chi connectivity index (χ0n) is 13.5. The highest BCUT2D eigenvalue weighted by Crippen LogP contribution is 2.30. The summed E-state index contributed by atoms with van der Waals surface area (Å²) in [6, 6.07) is 12.9. The van der Waals surface area contributed by atoms with Crippen molar-refractivity contribution in [2.75, 3.05) is 11.9 Å². The van der Waals surface area contributed by atoms with Crippen molar-refractivity contribution in [3.05, 3.63) is 64.8 Å². The van der Waals surface area contributed by atoms with Gasteiger partial charge in [0.2, 0.25) is 0 Å². The minimum absolute atomic E-state index is 0.316. The molecule has 1 aromatic heterocycles. The van der Waals surface area contributed by atoms with Crippen LogP contribution >= 0.6 is 11.6 Å². The molecule has 0 unspecified atom stereocenters. The molecule has 2 aromatic carbocycles. The molecule has 1 N–H and O–H groups in total. The van der Waals surface area contributed by atoms with Crippen LogP contribution < -0.4 is 5.32 Å². The van der Waals surface area contributed by atoms with Gasteiger partial charge in [-0.2, -0.15) is 0 Å². The Bertz CT molecular complexity index is 892. The average Bonchev–Trinajstić information content (AvgIpc) is 2.59. The van der Waals surface area contributed by atoms with E-state index in [1.807, 2.05) is 37.3 Å². The molecule has 0 spiro atoms. The number of aryl methyl sites for hydroxylation is 1. The number of nitrogens with one attached hydrogen (secondary N) is 1. The maximum atomic E-state index is 11.7. The molecule has 0 saturated carbocycles. The normalized spacial score (nSPS) is 10.6. The zero-order valence-corrected chi connectivity index (χ0v) is 14.2. The number of rotatable bonds is 4. The molecule has 0 atom stereocenters. The van der Waals surface area contributed by atoms with Crippen LogP contribution in [0.15, 0.2) is 48.7 Å². The van der Waals surface area contributed by atoms with E-state index in [4.69, 9.17) is 16.3 Å². The highest BCUT2D eigenvalue weighted by molar-refractivity contribution is 6.32. The molecule has 4 nitrogen and oxygen atoms in total. The summed E-state index contributed by atoms with van der Waals surface area (Å²) in [6.45, 7) is 4.11. The summed E-state index contributed by atoms with van der Waals surface area (Å²) >= 11 is 6.17. The Kier molecular flexibility index (Phi) is 4.67. The number of carbonyl (C=O) groups excluding carboxylic acids is 1. The monoisotopic (exact) mass is 340 g/mol. The molecule has 0 fully saturated rings. The first-order valence-electron chi connectivity index (χ1n) is 7.68. The summed E-state index contributed by atoms with van der Waals surface area (Å²) in [5.74, 6) is -0.316. The smallest absolute Gasteiger partial charge is 0.338 e. The van der Waals surface area contributed by atoms with E-state index in [0.717, 1.165) is 27.8 Å². The number of nitrogens with zero attached hydrogens (tertiary/aromatic N) is 1. The lowest BCUT2D eigenvalue weighted by Gasteiger charge is -2.11. The summed E-state index contributed by atoms with van der Waals surface area (Å²) in [5, 5.41) is 5.05. The fourth-order valence-electron chi connectivity index (χ4n) is 2.50. The van der Waals surface area contributed by atoms with Gasteiger partial charge in [0.25, 0.3) is 0 Å². The number of benzene rings is 2. The lowest BCUT2D eigenvalue weighted by atomic mass is 10.1. The van der Waals surface area contributed by atoms with Crippen LogP contribution in [0.5, 0.6) is 0 Å². The van der Waals surface area contributed by atoms with Gasteiger partial charge in [-0.1, -0.05) is 11.6 Å². The fraction of sp³-hybridized carbons (Fsp3) is 0.158. The number of carbonyl (C=O) groups is 1. The lowest BCUT2D eigenvalue weighted by Crippen LogP contribution is -2.04. The minimum Gasteiger partial charge on any atom is -0.462 e. The number of halogens is 1. The van der Waals surface area contributed by atoms with Crippen molar-refractivity contribution < 1.29 is 9.53 Å². The second kappa shape index (κ2) is 6.89. The van der Waals surface area contributed by atoms with Crippen molar-refractivity contribution in [1.29, 1.82) is 0 Å². The predicted octanol–water partition coefficient (Wildman–Crippen LogP) is 5.12. The van der Waals surface area contributed by atoms with Gasteiger partial charge in [0.05, 0.1) is 17.7 Å². The number of hydrogen-bond acceptors (Lipinski definition) is 4. The van der Waals surface area contributed by atoms with Crippen LogP contribution in [-0.2, 0) is 4.74 Å². The largest absolute Gasteiger partial charge is 0.462 e. The van der Waals surface area contributed by atoms with E-state index in [9.17, 15) is 4.79 Å². The minimum atomic E-state index is -0.316. The van der Waals surface area contributed by atoms with E-state index in [-0.39, 0.29) is 5.97 Å². The molecule has 3 rings (SSSR count). The second-order valence-electron chi connectivity index (χ2n) is 5.35. The van der Waals surface area contributed by atoms with Crippen LogP contribution in [-0.4, -0.2) is 17.6 Å². The van der Waals surface area contributed by atoms with Gasteiger partial charge >= 0.3 is 5.97 Å². The van der Waals surface area contributed by atoms with Gasteiger partial charge in [0, 0.05) is 28.0 Å². The molecular weight excluding hydrogens is 324 g/mol. The summed E-state index contributed by atoms with van der Waals surface area (Å²) in [6.07, 6.45) is 1.75. The highest BCUT2D eigenvalue weighted by Gasteiger charge is 2.09. The zero-order chi connectivity index (χ0) is 17.1. The topological polar surface area (TPSA) is 51.2 Å². The van der Waals surface area contributed by atoms with E-state index < -0.39 is 0 Å². The molecule has 5 heteroatoms. The van der Waals surface area contributed by atoms with Crippen LogP contribution in [0, 0.1) is 6.92 Å². The Morgan fingerprint density at radius 3 is 2.62 bits per heavy atom. The number of ether oxygens (including phenoxy) is 1. The van der Waals surface area contributed by atoms with Crippen molar-refractivity contribution in [1.82, 2.24) is 4.98 Å². The summed E-state index contributed by atoms with van der Waals surface area (Å²) < 4.78 is 4.99. The van der Waals surface area contributed by atoms with Crippen LogP contribution in [0.2, 0.25) is 5.02 Å². The Labute approximate surface area is 145 Å². The van der Waals surface area contributed by atoms with E-state index in [2.05, 4.69) is 10.3 Å². The fourth-order valence-corrected chi connectivity index (χ4v) is 2.66. The molecular formula is C19H17ClN2O2. The Morgan fingerprint density at radius 2 is 1.92 bits per heavy atom. The highest BCUT2D eigenvalue weighted by atomic mass is 35.5.